The lowest BCUT2D eigenvalue weighted by Crippen LogP contribution is -2.37. The number of benzene rings is 1. The predicted octanol–water partition coefficient (Wildman–Crippen LogP) is 1.19. The van der Waals surface area contributed by atoms with E-state index in [2.05, 4.69) is 9.62 Å². The summed E-state index contributed by atoms with van der Waals surface area (Å²) in [6.07, 6.45) is 2.19. The average Bonchev–Trinajstić information content (AvgIpc) is 2.99. The molecule has 3 rings (SSSR count). The Morgan fingerprint density at radius 3 is 2.73 bits per heavy atom. The number of carbonyl (C=O) groups is 1. The average molecular weight is 381 g/mol. The number of aromatic nitrogens is 1. The minimum absolute atomic E-state index is 0.0383. The summed E-state index contributed by atoms with van der Waals surface area (Å²) in [7, 11) is -3.47. The van der Waals surface area contributed by atoms with Crippen LogP contribution in [0.15, 0.2) is 30.5 Å². The normalized spacial score (nSPS) is 16.0. The molecule has 1 aliphatic heterocycles. The number of aliphatic carboxylic acids is 1. The summed E-state index contributed by atoms with van der Waals surface area (Å²) >= 11 is 0. The Hall–Kier alpha value is -2.10. The van der Waals surface area contributed by atoms with Crippen molar-refractivity contribution in [2.75, 3.05) is 43.3 Å². The van der Waals surface area contributed by atoms with Gasteiger partial charge in [0.15, 0.2) is 0 Å². The Bertz CT molecular complexity index is 872. The third kappa shape index (κ3) is 4.75. The first-order valence-electron chi connectivity index (χ1n) is 8.55. The summed E-state index contributed by atoms with van der Waals surface area (Å²) in [4.78, 5) is 13.1. The van der Waals surface area contributed by atoms with Crippen molar-refractivity contribution in [2.45, 2.75) is 13.0 Å². The first kappa shape index (κ1) is 18.7. The Morgan fingerprint density at radius 1 is 1.23 bits per heavy atom. The van der Waals surface area contributed by atoms with Gasteiger partial charge in [-0.25, -0.2) is 8.42 Å². The number of carboxylic acid groups (broad SMARTS) is 1. The fourth-order valence-electron chi connectivity index (χ4n) is 3.12. The molecule has 1 fully saturated rings. The monoisotopic (exact) mass is 381 g/mol. The molecule has 0 atom stereocenters. The highest BCUT2D eigenvalue weighted by Crippen LogP contribution is 2.25. The van der Waals surface area contributed by atoms with Crippen LogP contribution in [0.3, 0.4) is 0 Å². The Balaban J connectivity index is 1.65. The first-order chi connectivity index (χ1) is 12.4. The molecule has 0 saturated carbocycles. The summed E-state index contributed by atoms with van der Waals surface area (Å²) in [6, 6.07) is 6.90. The van der Waals surface area contributed by atoms with Gasteiger partial charge in [-0.05, 0) is 31.2 Å². The molecule has 142 valence electrons. The highest BCUT2D eigenvalue weighted by atomic mass is 32.2. The molecule has 2 N–H and O–H groups in total. The molecule has 2 aromatic rings. The van der Waals surface area contributed by atoms with E-state index < -0.39 is 16.0 Å². The molecule has 0 unspecified atom stereocenters. The van der Waals surface area contributed by atoms with Gasteiger partial charge in [0, 0.05) is 24.7 Å². The van der Waals surface area contributed by atoms with Crippen molar-refractivity contribution in [1.29, 1.82) is 0 Å². The van der Waals surface area contributed by atoms with Gasteiger partial charge >= 0.3 is 5.97 Å². The Kier molecular flexibility index (Phi) is 5.80. The summed E-state index contributed by atoms with van der Waals surface area (Å²) in [5, 5.41) is 9.65. The summed E-state index contributed by atoms with van der Waals surface area (Å²) < 4.78 is 34.3. The van der Waals surface area contributed by atoms with E-state index in [1.54, 1.807) is 35.0 Å². The highest BCUT2D eigenvalue weighted by Gasteiger charge is 2.16. The number of rotatable bonds is 8. The van der Waals surface area contributed by atoms with Crippen LogP contribution in [-0.2, 0) is 26.1 Å². The van der Waals surface area contributed by atoms with Gasteiger partial charge in [-0.1, -0.05) is 6.07 Å². The minimum Gasteiger partial charge on any atom is -0.480 e. The third-order valence-corrected chi connectivity index (χ3v) is 5.73. The lowest BCUT2D eigenvalue weighted by Gasteiger charge is -2.26. The van der Waals surface area contributed by atoms with Crippen LogP contribution in [0.5, 0.6) is 0 Å². The van der Waals surface area contributed by atoms with Gasteiger partial charge in [0.25, 0.3) is 0 Å². The number of nitrogens with one attached hydrogen (secondary N) is 1. The molecule has 0 aliphatic carbocycles. The van der Waals surface area contributed by atoms with Gasteiger partial charge in [0.2, 0.25) is 10.0 Å². The molecule has 0 spiro atoms. The van der Waals surface area contributed by atoms with Crippen LogP contribution < -0.4 is 4.72 Å². The summed E-state index contributed by atoms with van der Waals surface area (Å²) in [5.74, 6) is -0.909. The molecule has 26 heavy (non-hydrogen) atoms. The SMILES string of the molecule is O=C(O)Cn1ccc2c(NS(=O)(=O)CCCN3CCOCC3)cccc21. The molecule has 0 radical (unpaired) electrons. The molecule has 0 bridgehead atoms. The van der Waals surface area contributed by atoms with Crippen molar-refractivity contribution in [3.05, 3.63) is 30.5 Å². The van der Waals surface area contributed by atoms with Crippen molar-refractivity contribution < 1.29 is 23.1 Å². The fourth-order valence-corrected chi connectivity index (χ4v) is 4.24. The molecule has 8 nitrogen and oxygen atoms in total. The van der Waals surface area contributed by atoms with Crippen molar-refractivity contribution >= 4 is 32.6 Å². The van der Waals surface area contributed by atoms with Crippen LogP contribution >= 0.6 is 0 Å². The van der Waals surface area contributed by atoms with Gasteiger partial charge in [0.1, 0.15) is 6.54 Å². The number of fused-ring (bicyclic) bond motifs is 1. The number of morpholine rings is 1. The fraction of sp³-hybridized carbons (Fsp3) is 0.471. The van der Waals surface area contributed by atoms with Crippen LogP contribution in [0.4, 0.5) is 5.69 Å². The van der Waals surface area contributed by atoms with E-state index in [1.807, 2.05) is 0 Å². The molecule has 1 aliphatic rings. The molecule has 2 heterocycles. The van der Waals surface area contributed by atoms with Crippen molar-refractivity contribution in [2.24, 2.45) is 0 Å². The van der Waals surface area contributed by atoms with Crippen LogP contribution in [0.25, 0.3) is 10.9 Å². The molecule has 1 aromatic heterocycles. The summed E-state index contributed by atoms with van der Waals surface area (Å²) in [6.45, 7) is 3.62. The largest absolute Gasteiger partial charge is 0.480 e. The van der Waals surface area contributed by atoms with Crippen molar-refractivity contribution in [3.8, 4) is 0 Å². The second kappa shape index (κ2) is 8.07. The lowest BCUT2D eigenvalue weighted by molar-refractivity contribution is -0.137. The quantitative estimate of drug-likeness (QED) is 0.712. The van der Waals surface area contributed by atoms with Crippen LogP contribution in [0.1, 0.15) is 6.42 Å². The van der Waals surface area contributed by atoms with E-state index in [0.29, 0.717) is 36.2 Å². The van der Waals surface area contributed by atoms with E-state index in [9.17, 15) is 13.2 Å². The van der Waals surface area contributed by atoms with E-state index >= 15 is 0 Å². The highest BCUT2D eigenvalue weighted by molar-refractivity contribution is 7.92. The smallest absolute Gasteiger partial charge is 0.323 e. The topological polar surface area (TPSA) is 101 Å². The van der Waals surface area contributed by atoms with Crippen LogP contribution in [0, 0.1) is 0 Å². The second-order valence-corrected chi connectivity index (χ2v) is 8.15. The van der Waals surface area contributed by atoms with Gasteiger partial charge in [-0.2, -0.15) is 0 Å². The molecule has 1 saturated heterocycles. The maximum absolute atomic E-state index is 12.4. The lowest BCUT2D eigenvalue weighted by atomic mass is 10.2. The number of sulfonamides is 1. The maximum atomic E-state index is 12.4. The molecular formula is C17H23N3O5S. The number of hydrogen-bond donors (Lipinski definition) is 2. The maximum Gasteiger partial charge on any atom is 0.323 e. The van der Waals surface area contributed by atoms with Gasteiger partial charge in [0.05, 0.1) is 30.2 Å². The van der Waals surface area contributed by atoms with Crippen molar-refractivity contribution in [3.63, 3.8) is 0 Å². The standard InChI is InChI=1S/C17H23N3O5S/c21-17(22)13-20-7-5-14-15(3-1-4-16(14)20)18-26(23,24)12-2-6-19-8-10-25-11-9-19/h1,3-5,7,18H,2,6,8-13H2,(H,21,22). The first-order valence-corrected chi connectivity index (χ1v) is 10.2. The van der Waals surface area contributed by atoms with E-state index in [1.165, 1.54) is 0 Å². The van der Waals surface area contributed by atoms with E-state index in [-0.39, 0.29) is 12.3 Å². The van der Waals surface area contributed by atoms with Crippen LogP contribution in [-0.4, -0.2) is 67.6 Å². The zero-order valence-corrected chi connectivity index (χ0v) is 15.2. The number of carboxylic acids is 1. The second-order valence-electron chi connectivity index (χ2n) is 6.30. The number of ether oxygens (including phenoxy) is 1. The zero-order chi connectivity index (χ0) is 18.6. The molecule has 9 heteroatoms. The number of hydrogen-bond acceptors (Lipinski definition) is 5. The van der Waals surface area contributed by atoms with Crippen molar-refractivity contribution in [1.82, 2.24) is 9.47 Å². The molecule has 0 amide bonds. The number of anilines is 1. The van der Waals surface area contributed by atoms with E-state index in [4.69, 9.17) is 9.84 Å². The number of nitrogens with zero attached hydrogens (tertiary/aromatic N) is 2. The van der Waals surface area contributed by atoms with Gasteiger partial charge in [-0.15, -0.1) is 0 Å². The summed E-state index contributed by atoms with van der Waals surface area (Å²) in [5.41, 5.74) is 1.15. The molecule has 1 aromatic carbocycles. The minimum atomic E-state index is -3.47. The molecular weight excluding hydrogens is 358 g/mol. The Morgan fingerprint density at radius 2 is 2.00 bits per heavy atom. The van der Waals surface area contributed by atoms with E-state index in [0.717, 1.165) is 19.6 Å². The van der Waals surface area contributed by atoms with Crippen LogP contribution in [0.2, 0.25) is 0 Å². The van der Waals surface area contributed by atoms with Gasteiger partial charge < -0.3 is 14.4 Å². The Labute approximate surface area is 152 Å². The zero-order valence-electron chi connectivity index (χ0n) is 14.4. The predicted molar refractivity (Wildman–Crippen MR) is 98.9 cm³/mol. The van der Waals surface area contributed by atoms with Gasteiger partial charge in [-0.3, -0.25) is 14.4 Å². The third-order valence-electron chi connectivity index (χ3n) is 4.38.